The quantitative estimate of drug-likeness (QED) is 0.779. The average Bonchev–Trinajstić information content (AvgIpc) is 2.89. The monoisotopic (exact) mass is 237 g/mol. The fourth-order valence-corrected chi connectivity index (χ4v) is 2.89. The van der Waals surface area contributed by atoms with Gasteiger partial charge in [0.25, 0.3) is 0 Å². The van der Waals surface area contributed by atoms with Crippen molar-refractivity contribution in [1.82, 2.24) is 4.90 Å². The van der Waals surface area contributed by atoms with Crippen molar-refractivity contribution in [2.45, 2.75) is 25.4 Å². The summed E-state index contributed by atoms with van der Waals surface area (Å²) in [5.41, 5.74) is 2.88. The maximum Gasteiger partial charge on any atom is 0.0352 e. The average molecular weight is 237 g/mol. The molecule has 1 aliphatic heterocycles. The van der Waals surface area contributed by atoms with Gasteiger partial charge in [-0.2, -0.15) is 0 Å². The zero-order valence-corrected chi connectivity index (χ0v) is 10.6. The Hall–Kier alpha value is -1.60. The normalized spacial score (nSPS) is 20.1. The molecule has 1 heterocycles. The molecule has 1 aliphatic rings. The van der Waals surface area contributed by atoms with E-state index in [-0.39, 0.29) is 0 Å². The molecule has 0 radical (unpaired) electrons. The lowest BCUT2D eigenvalue weighted by Crippen LogP contribution is -2.22. The molecule has 1 fully saturated rings. The van der Waals surface area contributed by atoms with Crippen molar-refractivity contribution in [3.05, 3.63) is 71.8 Å². The molecular weight excluding hydrogens is 218 g/mol. The number of benzene rings is 2. The minimum atomic E-state index is 0.603. The maximum absolute atomic E-state index is 2.60. The van der Waals surface area contributed by atoms with Crippen molar-refractivity contribution in [3.63, 3.8) is 0 Å². The van der Waals surface area contributed by atoms with E-state index in [9.17, 15) is 0 Å². The van der Waals surface area contributed by atoms with Crippen LogP contribution < -0.4 is 0 Å². The number of hydrogen-bond donors (Lipinski definition) is 0. The van der Waals surface area contributed by atoms with Crippen LogP contribution in [0.1, 0.15) is 30.0 Å². The molecule has 0 aromatic heterocycles. The third-order valence-corrected chi connectivity index (χ3v) is 3.78. The molecule has 2 aromatic rings. The molecule has 0 N–H and O–H groups in total. The molecule has 1 heteroatoms. The van der Waals surface area contributed by atoms with E-state index >= 15 is 0 Å². The highest BCUT2D eigenvalue weighted by Gasteiger charge is 2.25. The molecule has 2 aromatic carbocycles. The number of nitrogens with zero attached hydrogens (tertiary/aromatic N) is 1. The van der Waals surface area contributed by atoms with Gasteiger partial charge in [0.15, 0.2) is 0 Å². The molecule has 92 valence electrons. The molecule has 3 rings (SSSR count). The maximum atomic E-state index is 2.60. The van der Waals surface area contributed by atoms with E-state index in [2.05, 4.69) is 65.6 Å². The number of rotatable bonds is 3. The summed E-state index contributed by atoms with van der Waals surface area (Å²) >= 11 is 0. The lowest BCUT2D eigenvalue weighted by Gasteiger charge is -2.24. The Kier molecular flexibility index (Phi) is 3.42. The smallest absolute Gasteiger partial charge is 0.0352 e. The van der Waals surface area contributed by atoms with Gasteiger partial charge < -0.3 is 0 Å². The van der Waals surface area contributed by atoms with Gasteiger partial charge in [-0.15, -0.1) is 0 Å². The second-order valence-corrected chi connectivity index (χ2v) is 5.02. The Morgan fingerprint density at radius 3 is 2.28 bits per heavy atom. The van der Waals surface area contributed by atoms with Crippen LogP contribution >= 0.6 is 0 Å². The molecule has 1 nitrogen and oxygen atoms in total. The van der Waals surface area contributed by atoms with Crippen molar-refractivity contribution in [2.24, 2.45) is 0 Å². The first kappa shape index (κ1) is 11.5. The predicted octanol–water partition coefficient (Wildman–Crippen LogP) is 4.02. The first-order valence-corrected chi connectivity index (χ1v) is 6.76. The van der Waals surface area contributed by atoms with Crippen LogP contribution in [-0.4, -0.2) is 11.4 Å². The molecule has 0 saturated carbocycles. The van der Waals surface area contributed by atoms with E-state index in [1.165, 1.54) is 30.5 Å². The number of likely N-dealkylation sites (tertiary alicyclic amines) is 1. The first-order valence-electron chi connectivity index (χ1n) is 6.76. The molecule has 0 bridgehead atoms. The van der Waals surface area contributed by atoms with Crippen LogP contribution in [0.3, 0.4) is 0 Å². The van der Waals surface area contributed by atoms with Crippen molar-refractivity contribution >= 4 is 0 Å². The van der Waals surface area contributed by atoms with Crippen LogP contribution in [0.5, 0.6) is 0 Å². The summed E-state index contributed by atoms with van der Waals surface area (Å²) in [6.07, 6.45) is 2.60. The zero-order chi connectivity index (χ0) is 12.2. The molecule has 1 saturated heterocycles. The molecule has 0 amide bonds. The molecule has 1 atom stereocenters. The number of hydrogen-bond acceptors (Lipinski definition) is 1. The summed E-state index contributed by atoms with van der Waals surface area (Å²) in [7, 11) is 0. The van der Waals surface area contributed by atoms with E-state index in [1.807, 2.05) is 0 Å². The lowest BCUT2D eigenvalue weighted by atomic mass is 10.0. The van der Waals surface area contributed by atoms with Gasteiger partial charge in [-0.25, -0.2) is 0 Å². The Labute approximate surface area is 109 Å². The Balaban J connectivity index is 1.76. The fourth-order valence-electron chi connectivity index (χ4n) is 2.89. The van der Waals surface area contributed by atoms with Crippen LogP contribution in [-0.2, 0) is 6.54 Å². The van der Waals surface area contributed by atoms with E-state index in [1.54, 1.807) is 0 Å². The first-order chi connectivity index (χ1) is 8.93. The SMILES string of the molecule is c1ccc(CN2CCCC2c2ccccc2)cc1. The van der Waals surface area contributed by atoms with Crippen molar-refractivity contribution in [3.8, 4) is 0 Å². The van der Waals surface area contributed by atoms with Gasteiger partial charge in [-0.1, -0.05) is 60.7 Å². The third-order valence-electron chi connectivity index (χ3n) is 3.78. The van der Waals surface area contributed by atoms with Gasteiger partial charge >= 0.3 is 0 Å². The second-order valence-electron chi connectivity index (χ2n) is 5.02. The molecular formula is C17H19N. The van der Waals surface area contributed by atoms with Crippen LogP contribution in [0.2, 0.25) is 0 Å². The molecule has 0 aliphatic carbocycles. The zero-order valence-electron chi connectivity index (χ0n) is 10.6. The van der Waals surface area contributed by atoms with Crippen LogP contribution in [0.4, 0.5) is 0 Å². The van der Waals surface area contributed by atoms with Crippen molar-refractivity contribution in [1.29, 1.82) is 0 Å². The molecule has 18 heavy (non-hydrogen) atoms. The Bertz CT molecular complexity index is 477. The largest absolute Gasteiger partial charge is 0.292 e. The summed E-state index contributed by atoms with van der Waals surface area (Å²) < 4.78 is 0. The van der Waals surface area contributed by atoms with E-state index in [4.69, 9.17) is 0 Å². The Morgan fingerprint density at radius 2 is 1.56 bits per heavy atom. The highest BCUT2D eigenvalue weighted by molar-refractivity contribution is 5.21. The van der Waals surface area contributed by atoms with Gasteiger partial charge in [0.05, 0.1) is 0 Å². The summed E-state index contributed by atoms with van der Waals surface area (Å²) in [5, 5.41) is 0. The van der Waals surface area contributed by atoms with Crippen LogP contribution in [0.25, 0.3) is 0 Å². The minimum absolute atomic E-state index is 0.603. The fraction of sp³-hybridized carbons (Fsp3) is 0.294. The minimum Gasteiger partial charge on any atom is -0.292 e. The summed E-state index contributed by atoms with van der Waals surface area (Å²) in [6, 6.07) is 22.3. The topological polar surface area (TPSA) is 3.24 Å². The van der Waals surface area contributed by atoms with Gasteiger partial charge in [0.1, 0.15) is 0 Å². The highest BCUT2D eigenvalue weighted by Crippen LogP contribution is 2.32. The standard InChI is InChI=1S/C17H19N/c1-3-8-15(9-4-1)14-18-13-7-12-17(18)16-10-5-2-6-11-16/h1-6,8-11,17H,7,12-14H2. The van der Waals surface area contributed by atoms with Gasteiger partial charge in [-0.3, -0.25) is 4.90 Å². The van der Waals surface area contributed by atoms with Gasteiger partial charge in [0.2, 0.25) is 0 Å². The van der Waals surface area contributed by atoms with E-state index in [0.717, 1.165) is 6.54 Å². The van der Waals surface area contributed by atoms with Crippen molar-refractivity contribution < 1.29 is 0 Å². The Morgan fingerprint density at radius 1 is 0.889 bits per heavy atom. The van der Waals surface area contributed by atoms with E-state index in [0.29, 0.717) is 6.04 Å². The van der Waals surface area contributed by atoms with Crippen LogP contribution in [0.15, 0.2) is 60.7 Å². The van der Waals surface area contributed by atoms with E-state index < -0.39 is 0 Å². The molecule has 1 unspecified atom stereocenters. The summed E-state index contributed by atoms with van der Waals surface area (Å²) in [6.45, 7) is 2.29. The predicted molar refractivity (Wildman–Crippen MR) is 75.3 cm³/mol. The lowest BCUT2D eigenvalue weighted by molar-refractivity contribution is 0.248. The summed E-state index contributed by atoms with van der Waals surface area (Å²) in [4.78, 5) is 2.60. The van der Waals surface area contributed by atoms with Crippen molar-refractivity contribution in [2.75, 3.05) is 6.54 Å². The van der Waals surface area contributed by atoms with Gasteiger partial charge in [-0.05, 0) is 30.5 Å². The molecule has 0 spiro atoms. The second kappa shape index (κ2) is 5.36. The third kappa shape index (κ3) is 2.46. The summed E-state index contributed by atoms with van der Waals surface area (Å²) in [5.74, 6) is 0. The van der Waals surface area contributed by atoms with Gasteiger partial charge in [0, 0.05) is 12.6 Å². The van der Waals surface area contributed by atoms with Crippen LogP contribution in [0, 0.1) is 0 Å². The highest BCUT2D eigenvalue weighted by atomic mass is 15.2.